The second kappa shape index (κ2) is 3.69. The van der Waals surface area contributed by atoms with Gasteiger partial charge >= 0.3 is 0 Å². The largest absolute Gasteiger partial charge is 0.352 e. The average Bonchev–Trinajstić information content (AvgIpc) is 2.49. The Morgan fingerprint density at radius 2 is 2.17 bits per heavy atom. The number of ketones is 1. The molecule has 0 spiro atoms. The minimum absolute atomic E-state index is 0.361. The molecule has 1 aromatic rings. The maximum Gasteiger partial charge on any atom is 0.293 e. The molecule has 0 aromatic carbocycles. The molecule has 0 unspecified atom stereocenters. The Labute approximate surface area is 78.3 Å². The molecular formula is C7H6ClNO2S. The zero-order valence-corrected chi connectivity index (χ0v) is 7.83. The third-order valence-electron chi connectivity index (χ3n) is 1.23. The van der Waals surface area contributed by atoms with E-state index in [1.165, 1.54) is 13.1 Å². The van der Waals surface area contributed by atoms with Crippen molar-refractivity contribution in [2.75, 3.05) is 7.05 Å². The van der Waals surface area contributed by atoms with E-state index < -0.39 is 11.7 Å². The van der Waals surface area contributed by atoms with Gasteiger partial charge in [0.2, 0.25) is 0 Å². The number of carbonyl (C=O) groups is 2. The van der Waals surface area contributed by atoms with Crippen molar-refractivity contribution in [2.24, 2.45) is 0 Å². The zero-order valence-electron chi connectivity index (χ0n) is 6.26. The lowest BCUT2D eigenvalue weighted by Crippen LogP contribution is -2.26. The maximum absolute atomic E-state index is 11.1. The van der Waals surface area contributed by atoms with Crippen molar-refractivity contribution in [1.29, 1.82) is 0 Å². The highest BCUT2D eigenvalue weighted by Gasteiger charge is 2.15. The van der Waals surface area contributed by atoms with Gasteiger partial charge in [-0.1, -0.05) is 11.6 Å². The summed E-state index contributed by atoms with van der Waals surface area (Å²) in [5.74, 6) is -1.16. The smallest absolute Gasteiger partial charge is 0.293 e. The molecule has 1 heterocycles. The molecule has 1 amide bonds. The molecule has 3 nitrogen and oxygen atoms in total. The fourth-order valence-corrected chi connectivity index (χ4v) is 1.64. The number of amides is 1. The maximum atomic E-state index is 11.1. The Bertz CT molecular complexity index is 321. The second-order valence-corrected chi connectivity index (χ2v) is 3.73. The highest BCUT2D eigenvalue weighted by molar-refractivity contribution is 7.18. The van der Waals surface area contributed by atoms with Gasteiger partial charge in [0, 0.05) is 7.05 Å². The third kappa shape index (κ3) is 1.84. The summed E-state index contributed by atoms with van der Waals surface area (Å²) in [6.07, 6.45) is 0. The SMILES string of the molecule is CNC(=O)C(=O)c1ccc(Cl)s1. The Kier molecular flexibility index (Phi) is 2.83. The lowest BCUT2D eigenvalue weighted by Gasteiger charge is -1.93. The standard InChI is InChI=1S/C7H6ClNO2S/c1-9-7(11)6(10)4-2-3-5(8)12-4/h2-3H,1H3,(H,9,11). The van der Waals surface area contributed by atoms with Gasteiger partial charge in [0.1, 0.15) is 0 Å². The number of hydrogen-bond acceptors (Lipinski definition) is 3. The van der Waals surface area contributed by atoms with E-state index in [2.05, 4.69) is 5.32 Å². The van der Waals surface area contributed by atoms with Crippen LogP contribution in [-0.2, 0) is 4.79 Å². The normalized spacial score (nSPS) is 9.50. The monoisotopic (exact) mass is 203 g/mol. The Balaban J connectivity index is 2.85. The lowest BCUT2D eigenvalue weighted by molar-refractivity contribution is -0.116. The molecule has 1 rings (SSSR count). The fraction of sp³-hybridized carbons (Fsp3) is 0.143. The van der Waals surface area contributed by atoms with E-state index in [0.29, 0.717) is 9.21 Å². The van der Waals surface area contributed by atoms with Crippen molar-refractivity contribution in [2.45, 2.75) is 0 Å². The number of likely N-dealkylation sites (N-methyl/N-ethyl adjacent to an activating group) is 1. The van der Waals surface area contributed by atoms with Gasteiger partial charge in [-0.25, -0.2) is 0 Å². The van der Waals surface area contributed by atoms with Crippen molar-refractivity contribution in [3.8, 4) is 0 Å². The molecular weight excluding hydrogens is 198 g/mol. The average molecular weight is 204 g/mol. The summed E-state index contributed by atoms with van der Waals surface area (Å²) >= 11 is 6.68. The van der Waals surface area contributed by atoms with Crippen molar-refractivity contribution in [3.63, 3.8) is 0 Å². The topological polar surface area (TPSA) is 46.2 Å². The van der Waals surface area contributed by atoms with Crippen LogP contribution in [0.3, 0.4) is 0 Å². The molecule has 0 saturated heterocycles. The number of thiophene rings is 1. The molecule has 0 aliphatic heterocycles. The van der Waals surface area contributed by atoms with Crippen LogP contribution >= 0.6 is 22.9 Å². The first-order valence-corrected chi connectivity index (χ1v) is 4.36. The molecule has 0 atom stereocenters. The molecule has 1 aromatic heterocycles. The Morgan fingerprint density at radius 1 is 1.50 bits per heavy atom. The fourth-order valence-electron chi connectivity index (χ4n) is 0.662. The number of carbonyl (C=O) groups excluding carboxylic acids is 2. The van der Waals surface area contributed by atoms with E-state index in [1.807, 2.05) is 0 Å². The first-order chi connectivity index (χ1) is 5.65. The second-order valence-electron chi connectivity index (χ2n) is 2.01. The van der Waals surface area contributed by atoms with Gasteiger partial charge in [-0.15, -0.1) is 11.3 Å². The lowest BCUT2D eigenvalue weighted by atomic mass is 10.3. The molecule has 12 heavy (non-hydrogen) atoms. The first-order valence-electron chi connectivity index (χ1n) is 3.17. The van der Waals surface area contributed by atoms with Gasteiger partial charge < -0.3 is 5.32 Å². The van der Waals surface area contributed by atoms with Crippen molar-refractivity contribution >= 4 is 34.6 Å². The van der Waals surface area contributed by atoms with E-state index in [9.17, 15) is 9.59 Å². The summed E-state index contributed by atoms with van der Waals surface area (Å²) in [5, 5.41) is 2.25. The van der Waals surface area contributed by atoms with Crippen LogP contribution < -0.4 is 5.32 Å². The molecule has 0 bridgehead atoms. The predicted octanol–water partition coefficient (Wildman–Crippen LogP) is 1.33. The van der Waals surface area contributed by atoms with Crippen molar-refractivity contribution in [1.82, 2.24) is 5.32 Å². The summed E-state index contributed by atoms with van der Waals surface area (Å²) in [4.78, 5) is 22.3. The first kappa shape index (κ1) is 9.22. The van der Waals surface area contributed by atoms with Gasteiger partial charge in [-0.05, 0) is 12.1 Å². The third-order valence-corrected chi connectivity index (χ3v) is 2.46. The van der Waals surface area contributed by atoms with E-state index in [0.717, 1.165) is 11.3 Å². The van der Waals surface area contributed by atoms with Gasteiger partial charge in [-0.2, -0.15) is 0 Å². The van der Waals surface area contributed by atoms with Gasteiger partial charge in [0.15, 0.2) is 0 Å². The van der Waals surface area contributed by atoms with E-state index >= 15 is 0 Å². The zero-order chi connectivity index (χ0) is 9.14. The van der Waals surface area contributed by atoms with E-state index in [4.69, 9.17) is 11.6 Å². The van der Waals surface area contributed by atoms with E-state index in [-0.39, 0.29) is 0 Å². The predicted molar refractivity (Wildman–Crippen MR) is 47.7 cm³/mol. The molecule has 0 aliphatic rings. The quantitative estimate of drug-likeness (QED) is 0.582. The molecule has 0 fully saturated rings. The van der Waals surface area contributed by atoms with Crippen LogP contribution in [0.25, 0.3) is 0 Å². The van der Waals surface area contributed by atoms with Crippen molar-refractivity contribution in [3.05, 3.63) is 21.3 Å². The van der Waals surface area contributed by atoms with Crippen LogP contribution in [0, 0.1) is 0 Å². The summed E-state index contributed by atoms with van der Waals surface area (Å²) < 4.78 is 0.502. The summed E-state index contributed by atoms with van der Waals surface area (Å²) in [5.41, 5.74) is 0. The summed E-state index contributed by atoms with van der Waals surface area (Å²) in [6, 6.07) is 3.12. The highest BCUT2D eigenvalue weighted by Crippen LogP contribution is 2.21. The molecule has 5 heteroatoms. The Morgan fingerprint density at radius 3 is 2.58 bits per heavy atom. The number of hydrogen-bond donors (Lipinski definition) is 1. The molecule has 0 aliphatic carbocycles. The van der Waals surface area contributed by atoms with Crippen LogP contribution in [0.2, 0.25) is 4.34 Å². The molecule has 1 N–H and O–H groups in total. The van der Waals surface area contributed by atoms with Gasteiger partial charge in [0.25, 0.3) is 11.7 Å². The van der Waals surface area contributed by atoms with Gasteiger partial charge in [0.05, 0.1) is 9.21 Å². The minimum atomic E-state index is -0.617. The van der Waals surface area contributed by atoms with Crippen LogP contribution in [0.4, 0.5) is 0 Å². The van der Waals surface area contributed by atoms with Gasteiger partial charge in [-0.3, -0.25) is 9.59 Å². The van der Waals surface area contributed by atoms with Crippen LogP contribution in [-0.4, -0.2) is 18.7 Å². The summed E-state index contributed by atoms with van der Waals surface area (Å²) in [7, 11) is 1.41. The number of halogens is 1. The number of Topliss-reactive ketones (excluding diaryl/α,β-unsaturated/α-hetero) is 1. The highest BCUT2D eigenvalue weighted by atomic mass is 35.5. The van der Waals surface area contributed by atoms with Crippen LogP contribution in [0.15, 0.2) is 12.1 Å². The number of rotatable bonds is 2. The minimum Gasteiger partial charge on any atom is -0.352 e. The number of nitrogens with one attached hydrogen (secondary N) is 1. The molecule has 64 valence electrons. The van der Waals surface area contributed by atoms with Crippen molar-refractivity contribution < 1.29 is 9.59 Å². The summed E-state index contributed by atoms with van der Waals surface area (Å²) in [6.45, 7) is 0. The van der Waals surface area contributed by atoms with Crippen LogP contribution in [0.1, 0.15) is 9.67 Å². The van der Waals surface area contributed by atoms with E-state index in [1.54, 1.807) is 6.07 Å². The Hall–Kier alpha value is -0.870. The molecule has 0 saturated carbocycles. The van der Waals surface area contributed by atoms with Crippen LogP contribution in [0.5, 0.6) is 0 Å². The molecule has 0 radical (unpaired) electrons.